The Morgan fingerprint density at radius 2 is 2.21 bits per heavy atom. The van der Waals surface area contributed by atoms with Crippen LogP contribution in [0.25, 0.3) is 11.3 Å². The smallest absolute Gasteiger partial charge is 0.212 e. The first-order valence-corrected chi connectivity index (χ1v) is 4.90. The van der Waals surface area contributed by atoms with Crippen molar-refractivity contribution in [2.75, 3.05) is 7.11 Å². The fourth-order valence-electron chi connectivity index (χ4n) is 0.991. The van der Waals surface area contributed by atoms with Crippen LogP contribution >= 0.6 is 23.3 Å². The largest absolute Gasteiger partial charge is 0.481 e. The molecule has 2 aromatic heterocycles. The molecule has 72 valence electrons. The fourth-order valence-corrected chi connectivity index (χ4v) is 1.76. The molecule has 0 spiro atoms. The normalized spacial score (nSPS) is 10.1. The molecule has 2 aromatic rings. The maximum absolute atomic E-state index is 5.83. The number of pyridine rings is 1. The predicted octanol–water partition coefficient (Wildman–Crippen LogP) is 2.26. The van der Waals surface area contributed by atoms with Crippen LogP contribution in [-0.4, -0.2) is 20.8 Å². The lowest BCUT2D eigenvalue weighted by Crippen LogP contribution is -1.87. The Morgan fingerprint density at radius 1 is 1.36 bits per heavy atom. The van der Waals surface area contributed by atoms with Crippen LogP contribution < -0.4 is 4.74 Å². The van der Waals surface area contributed by atoms with Gasteiger partial charge in [0.15, 0.2) is 5.15 Å². The predicted molar refractivity (Wildman–Crippen MR) is 54.7 cm³/mol. The monoisotopic (exact) mass is 227 g/mol. The number of ether oxygens (including phenoxy) is 1. The molecule has 0 unspecified atom stereocenters. The Balaban J connectivity index is 2.39. The number of aromatic nitrogens is 3. The average molecular weight is 228 g/mol. The topological polar surface area (TPSA) is 47.9 Å². The fraction of sp³-hybridized carbons (Fsp3) is 0.125. The summed E-state index contributed by atoms with van der Waals surface area (Å²) in [5, 5.41) is 0.405. The van der Waals surface area contributed by atoms with E-state index in [0.717, 1.165) is 17.3 Å². The molecule has 0 saturated heterocycles. The van der Waals surface area contributed by atoms with Crippen LogP contribution in [0.5, 0.6) is 5.88 Å². The number of rotatable bonds is 2. The highest BCUT2D eigenvalue weighted by molar-refractivity contribution is 6.99. The zero-order chi connectivity index (χ0) is 9.97. The maximum Gasteiger partial charge on any atom is 0.212 e. The second kappa shape index (κ2) is 3.89. The van der Waals surface area contributed by atoms with Crippen LogP contribution in [0.4, 0.5) is 0 Å². The average Bonchev–Trinajstić information content (AvgIpc) is 2.65. The first-order valence-electron chi connectivity index (χ1n) is 3.79. The van der Waals surface area contributed by atoms with Gasteiger partial charge < -0.3 is 4.74 Å². The van der Waals surface area contributed by atoms with Gasteiger partial charge in [-0.2, -0.15) is 8.75 Å². The Labute approximate surface area is 89.9 Å². The molecule has 2 rings (SSSR count). The lowest BCUT2D eigenvalue weighted by molar-refractivity contribution is 0.398. The molecule has 0 amide bonds. The molecular formula is C8H6ClN3OS. The van der Waals surface area contributed by atoms with Gasteiger partial charge in [-0.1, -0.05) is 11.6 Å². The van der Waals surface area contributed by atoms with Crippen molar-refractivity contribution in [1.29, 1.82) is 0 Å². The van der Waals surface area contributed by atoms with Crippen molar-refractivity contribution in [2.24, 2.45) is 0 Å². The summed E-state index contributed by atoms with van der Waals surface area (Å²) in [5.74, 6) is 0.563. The second-order valence-corrected chi connectivity index (χ2v) is 3.38. The van der Waals surface area contributed by atoms with Crippen molar-refractivity contribution in [1.82, 2.24) is 13.7 Å². The van der Waals surface area contributed by atoms with Crippen LogP contribution in [0.3, 0.4) is 0 Å². The molecule has 14 heavy (non-hydrogen) atoms. The number of methoxy groups -OCH3 is 1. The summed E-state index contributed by atoms with van der Waals surface area (Å²) in [6, 6.07) is 3.60. The molecule has 0 bridgehead atoms. The molecule has 0 aromatic carbocycles. The lowest BCUT2D eigenvalue weighted by Gasteiger charge is -1.99. The second-order valence-electron chi connectivity index (χ2n) is 2.49. The molecule has 0 aliphatic heterocycles. The van der Waals surface area contributed by atoms with Gasteiger partial charge >= 0.3 is 0 Å². The molecule has 0 aliphatic carbocycles. The van der Waals surface area contributed by atoms with Crippen molar-refractivity contribution in [2.45, 2.75) is 0 Å². The van der Waals surface area contributed by atoms with Gasteiger partial charge in [-0.15, -0.1) is 0 Å². The van der Waals surface area contributed by atoms with E-state index < -0.39 is 0 Å². The Bertz CT molecular complexity index is 428. The highest BCUT2D eigenvalue weighted by atomic mass is 35.5. The molecular weight excluding hydrogens is 222 g/mol. The number of hydrogen-bond acceptors (Lipinski definition) is 5. The van der Waals surface area contributed by atoms with Crippen molar-refractivity contribution < 1.29 is 4.74 Å². The van der Waals surface area contributed by atoms with Gasteiger partial charge in [-0.05, 0) is 6.07 Å². The molecule has 6 heteroatoms. The standard InChI is InChI=1S/C8H6ClN3OS/c1-13-6-3-2-5(4-10-6)7-8(9)12-14-11-7/h2-4H,1H3. The molecule has 4 nitrogen and oxygen atoms in total. The minimum atomic E-state index is 0.405. The van der Waals surface area contributed by atoms with Gasteiger partial charge in [0.25, 0.3) is 0 Å². The van der Waals surface area contributed by atoms with Crippen molar-refractivity contribution in [3.63, 3.8) is 0 Å². The molecule has 0 fully saturated rings. The molecule has 0 aliphatic rings. The van der Waals surface area contributed by atoms with Crippen LogP contribution in [-0.2, 0) is 0 Å². The number of hydrogen-bond donors (Lipinski definition) is 0. The molecule has 2 heterocycles. The van der Waals surface area contributed by atoms with E-state index in [1.165, 1.54) is 0 Å². The maximum atomic E-state index is 5.83. The quantitative estimate of drug-likeness (QED) is 0.790. The highest BCUT2D eigenvalue weighted by Crippen LogP contribution is 2.25. The van der Waals surface area contributed by atoms with Gasteiger partial charge in [0.1, 0.15) is 5.69 Å². The zero-order valence-electron chi connectivity index (χ0n) is 7.27. The van der Waals surface area contributed by atoms with Gasteiger partial charge in [0, 0.05) is 17.8 Å². The van der Waals surface area contributed by atoms with Gasteiger partial charge in [0.05, 0.1) is 18.8 Å². The SMILES string of the molecule is COc1ccc(-c2nsnc2Cl)cn1. The van der Waals surface area contributed by atoms with Crippen LogP contribution in [0.1, 0.15) is 0 Å². The van der Waals surface area contributed by atoms with Gasteiger partial charge in [-0.25, -0.2) is 4.98 Å². The Kier molecular flexibility index (Phi) is 2.60. The van der Waals surface area contributed by atoms with Crippen LogP contribution in [0, 0.1) is 0 Å². The first kappa shape index (κ1) is 9.36. The van der Waals surface area contributed by atoms with E-state index in [4.69, 9.17) is 16.3 Å². The van der Waals surface area contributed by atoms with E-state index in [0.29, 0.717) is 16.7 Å². The van der Waals surface area contributed by atoms with Crippen LogP contribution in [0.2, 0.25) is 5.15 Å². The minimum Gasteiger partial charge on any atom is -0.481 e. The summed E-state index contributed by atoms with van der Waals surface area (Å²) < 4.78 is 12.9. The van der Waals surface area contributed by atoms with Crippen molar-refractivity contribution in [3.05, 3.63) is 23.5 Å². The van der Waals surface area contributed by atoms with E-state index in [1.54, 1.807) is 19.4 Å². The third-order valence-electron chi connectivity index (χ3n) is 1.67. The summed E-state index contributed by atoms with van der Waals surface area (Å²) in [6.07, 6.45) is 1.65. The highest BCUT2D eigenvalue weighted by Gasteiger charge is 2.08. The molecule has 0 atom stereocenters. The van der Waals surface area contributed by atoms with E-state index >= 15 is 0 Å². The first-order chi connectivity index (χ1) is 6.81. The lowest BCUT2D eigenvalue weighted by atomic mass is 10.2. The van der Waals surface area contributed by atoms with Crippen LogP contribution in [0.15, 0.2) is 18.3 Å². The van der Waals surface area contributed by atoms with E-state index in [1.807, 2.05) is 6.07 Å². The van der Waals surface area contributed by atoms with Crippen molar-refractivity contribution in [3.8, 4) is 17.1 Å². The zero-order valence-corrected chi connectivity index (χ0v) is 8.84. The van der Waals surface area contributed by atoms with E-state index in [2.05, 4.69) is 13.7 Å². The third kappa shape index (κ3) is 1.69. The Hall–Kier alpha value is -1.20. The number of nitrogens with zero attached hydrogens (tertiary/aromatic N) is 3. The third-order valence-corrected chi connectivity index (χ3v) is 2.56. The summed E-state index contributed by atoms with van der Waals surface area (Å²) in [6.45, 7) is 0. The summed E-state index contributed by atoms with van der Waals surface area (Å²) in [5.41, 5.74) is 1.50. The summed E-state index contributed by atoms with van der Waals surface area (Å²) >= 11 is 6.91. The molecule has 0 radical (unpaired) electrons. The van der Waals surface area contributed by atoms with Crippen molar-refractivity contribution >= 4 is 23.3 Å². The minimum absolute atomic E-state index is 0.405. The summed E-state index contributed by atoms with van der Waals surface area (Å²) in [4.78, 5) is 4.05. The Morgan fingerprint density at radius 3 is 2.71 bits per heavy atom. The van der Waals surface area contributed by atoms with E-state index in [9.17, 15) is 0 Å². The molecule has 0 N–H and O–H groups in total. The molecule has 0 saturated carbocycles. The van der Waals surface area contributed by atoms with Gasteiger partial charge in [-0.3, -0.25) is 0 Å². The summed E-state index contributed by atoms with van der Waals surface area (Å²) in [7, 11) is 1.57. The number of halogens is 1. The van der Waals surface area contributed by atoms with E-state index in [-0.39, 0.29) is 0 Å². The van der Waals surface area contributed by atoms with Gasteiger partial charge in [0.2, 0.25) is 5.88 Å².